The summed E-state index contributed by atoms with van der Waals surface area (Å²) in [6.07, 6.45) is -4.56. The minimum atomic E-state index is -4.56. The Morgan fingerprint density at radius 2 is 1.62 bits per heavy atom. The van der Waals surface area contributed by atoms with Gasteiger partial charge < -0.3 is 14.8 Å². The maximum atomic E-state index is 12.8. The Labute approximate surface area is 202 Å². The van der Waals surface area contributed by atoms with Gasteiger partial charge in [0.1, 0.15) is 5.75 Å². The fraction of sp³-hybridized carbons (Fsp3) is 0.238. The summed E-state index contributed by atoms with van der Waals surface area (Å²) < 4.78 is 49.3. The zero-order chi connectivity index (χ0) is 25.4. The van der Waals surface area contributed by atoms with Gasteiger partial charge in [0.15, 0.2) is 22.5 Å². The van der Waals surface area contributed by atoms with Crippen molar-refractivity contribution in [1.29, 1.82) is 0 Å². The standard InChI is InChI=1S/C21H17ClF3N3O5S/c1-27-18(30)16(19(31)28(2)20(27)34)17(29)26-11-5-7-14(15(9-11)32-3)33-13-6-4-10(8-12(13)22)21(23,24)25/h4-9,16H,1-3H3,(H,26,29). The molecular formula is C21H17ClF3N3O5S. The zero-order valence-electron chi connectivity index (χ0n) is 17.9. The maximum absolute atomic E-state index is 12.8. The normalized spacial score (nSPS) is 15.0. The summed E-state index contributed by atoms with van der Waals surface area (Å²) in [7, 11) is 4.02. The fourth-order valence-electron chi connectivity index (χ4n) is 3.05. The molecule has 3 amide bonds. The highest BCUT2D eigenvalue weighted by atomic mass is 35.5. The number of hydrogen-bond donors (Lipinski definition) is 1. The third-order valence-electron chi connectivity index (χ3n) is 4.90. The van der Waals surface area contributed by atoms with Crippen molar-refractivity contribution in [3.05, 3.63) is 47.0 Å². The van der Waals surface area contributed by atoms with Crippen LogP contribution in [0.15, 0.2) is 36.4 Å². The Bertz CT molecular complexity index is 1170. The molecule has 0 saturated carbocycles. The molecule has 13 heteroatoms. The summed E-state index contributed by atoms with van der Waals surface area (Å²) in [6.45, 7) is 0. The van der Waals surface area contributed by atoms with E-state index in [9.17, 15) is 27.6 Å². The van der Waals surface area contributed by atoms with Crippen molar-refractivity contribution in [2.45, 2.75) is 6.18 Å². The number of nitrogens with one attached hydrogen (secondary N) is 1. The molecule has 8 nitrogen and oxygen atoms in total. The highest BCUT2D eigenvalue weighted by molar-refractivity contribution is 7.80. The van der Waals surface area contributed by atoms with E-state index in [1.54, 1.807) is 0 Å². The van der Waals surface area contributed by atoms with E-state index in [-0.39, 0.29) is 33.1 Å². The first-order valence-corrected chi connectivity index (χ1v) is 10.3. The van der Waals surface area contributed by atoms with Crippen molar-refractivity contribution in [2.75, 3.05) is 26.5 Å². The van der Waals surface area contributed by atoms with Crippen LogP contribution in [0.1, 0.15) is 5.56 Å². The number of ether oxygens (including phenoxy) is 2. The monoisotopic (exact) mass is 515 g/mol. The van der Waals surface area contributed by atoms with Crippen molar-refractivity contribution < 1.29 is 37.0 Å². The van der Waals surface area contributed by atoms with E-state index < -0.39 is 35.4 Å². The van der Waals surface area contributed by atoms with Crippen molar-refractivity contribution in [1.82, 2.24) is 9.80 Å². The van der Waals surface area contributed by atoms with Gasteiger partial charge in [0.05, 0.1) is 17.7 Å². The van der Waals surface area contributed by atoms with Gasteiger partial charge in [0.25, 0.3) is 11.8 Å². The minimum Gasteiger partial charge on any atom is -0.493 e. The summed E-state index contributed by atoms with van der Waals surface area (Å²) in [6, 6.07) is 6.74. The molecule has 1 fully saturated rings. The van der Waals surface area contributed by atoms with Gasteiger partial charge in [-0.1, -0.05) is 11.6 Å². The highest BCUT2D eigenvalue weighted by Gasteiger charge is 2.45. The molecule has 1 saturated heterocycles. The van der Waals surface area contributed by atoms with Crippen LogP contribution < -0.4 is 14.8 Å². The second kappa shape index (κ2) is 9.47. The number of benzene rings is 2. The number of nitrogens with zero attached hydrogens (tertiary/aromatic N) is 2. The van der Waals surface area contributed by atoms with Crippen molar-refractivity contribution in [3.8, 4) is 17.2 Å². The van der Waals surface area contributed by atoms with E-state index >= 15 is 0 Å². The fourth-order valence-corrected chi connectivity index (χ4v) is 3.45. The first-order valence-electron chi connectivity index (χ1n) is 9.47. The number of carbonyl (C=O) groups excluding carboxylic acids is 3. The number of carbonyl (C=O) groups is 3. The second-order valence-corrected chi connectivity index (χ2v) is 7.88. The summed E-state index contributed by atoms with van der Waals surface area (Å²) in [5.74, 6) is -3.90. The lowest BCUT2D eigenvalue weighted by atomic mass is 10.0. The Balaban J connectivity index is 1.80. The van der Waals surface area contributed by atoms with E-state index in [0.717, 1.165) is 28.0 Å². The first-order chi connectivity index (χ1) is 15.8. The Kier molecular flexibility index (Phi) is 7.03. The molecule has 1 aliphatic rings. The second-order valence-electron chi connectivity index (χ2n) is 7.11. The van der Waals surface area contributed by atoms with Gasteiger partial charge in [-0.25, -0.2) is 0 Å². The number of alkyl halides is 3. The number of methoxy groups -OCH3 is 1. The van der Waals surface area contributed by atoms with E-state index in [1.165, 1.54) is 39.4 Å². The van der Waals surface area contributed by atoms with Gasteiger partial charge in [0, 0.05) is 25.8 Å². The molecule has 1 N–H and O–H groups in total. The summed E-state index contributed by atoms with van der Waals surface area (Å²) in [5.41, 5.74) is -0.759. The molecule has 0 unspecified atom stereocenters. The molecule has 0 atom stereocenters. The number of anilines is 1. The molecule has 1 aliphatic heterocycles. The molecule has 0 radical (unpaired) electrons. The van der Waals surface area contributed by atoms with E-state index in [4.69, 9.17) is 33.3 Å². The summed E-state index contributed by atoms with van der Waals surface area (Å²) in [5, 5.41) is 2.17. The lowest BCUT2D eigenvalue weighted by molar-refractivity contribution is -0.149. The lowest BCUT2D eigenvalue weighted by Crippen LogP contribution is -2.59. The third kappa shape index (κ3) is 4.92. The largest absolute Gasteiger partial charge is 0.493 e. The van der Waals surface area contributed by atoms with Crippen LogP contribution in [0.5, 0.6) is 17.2 Å². The molecule has 180 valence electrons. The van der Waals surface area contributed by atoms with Crippen LogP contribution in [0.25, 0.3) is 0 Å². The van der Waals surface area contributed by atoms with Gasteiger partial charge >= 0.3 is 6.18 Å². The summed E-state index contributed by atoms with van der Waals surface area (Å²) >= 11 is 10.9. The molecule has 34 heavy (non-hydrogen) atoms. The lowest BCUT2D eigenvalue weighted by Gasteiger charge is -2.34. The molecular weight excluding hydrogens is 499 g/mol. The van der Waals surface area contributed by atoms with Gasteiger partial charge in [-0.3, -0.25) is 24.2 Å². The number of halogens is 4. The van der Waals surface area contributed by atoms with Crippen LogP contribution in [0, 0.1) is 5.92 Å². The van der Waals surface area contributed by atoms with Crippen LogP contribution in [0.4, 0.5) is 18.9 Å². The maximum Gasteiger partial charge on any atom is 0.416 e. The predicted octanol–water partition coefficient (Wildman–Crippen LogP) is 3.93. The number of rotatable bonds is 5. The van der Waals surface area contributed by atoms with E-state index in [2.05, 4.69) is 5.32 Å². The van der Waals surface area contributed by atoms with E-state index in [0.29, 0.717) is 0 Å². The van der Waals surface area contributed by atoms with Crippen LogP contribution in [-0.4, -0.2) is 53.8 Å². The average molecular weight is 516 g/mol. The van der Waals surface area contributed by atoms with Crippen LogP contribution in [0.3, 0.4) is 0 Å². The number of thiocarbonyl (C=S) groups is 1. The molecule has 0 aliphatic carbocycles. The Morgan fingerprint density at radius 1 is 1.03 bits per heavy atom. The van der Waals surface area contributed by atoms with Crippen LogP contribution >= 0.6 is 23.8 Å². The zero-order valence-corrected chi connectivity index (χ0v) is 19.5. The topological polar surface area (TPSA) is 88.2 Å². The molecule has 2 aromatic carbocycles. The van der Waals surface area contributed by atoms with E-state index in [1.807, 2.05) is 0 Å². The molecule has 0 bridgehead atoms. The average Bonchev–Trinajstić information content (AvgIpc) is 2.78. The number of hydrogen-bond acceptors (Lipinski definition) is 6. The quantitative estimate of drug-likeness (QED) is 0.479. The van der Waals surface area contributed by atoms with Crippen LogP contribution in [0.2, 0.25) is 5.02 Å². The van der Waals surface area contributed by atoms with Gasteiger partial charge in [-0.2, -0.15) is 13.2 Å². The van der Waals surface area contributed by atoms with Crippen molar-refractivity contribution in [3.63, 3.8) is 0 Å². The van der Waals surface area contributed by atoms with Crippen molar-refractivity contribution in [2.24, 2.45) is 5.92 Å². The minimum absolute atomic E-state index is 0.0239. The Morgan fingerprint density at radius 3 is 2.15 bits per heavy atom. The van der Waals surface area contributed by atoms with Gasteiger partial charge in [-0.05, 0) is 42.5 Å². The van der Waals surface area contributed by atoms with Crippen molar-refractivity contribution >= 4 is 52.3 Å². The highest BCUT2D eigenvalue weighted by Crippen LogP contribution is 2.39. The Hall–Kier alpha value is -3.38. The first kappa shape index (κ1) is 25.2. The number of amides is 3. The van der Waals surface area contributed by atoms with Gasteiger partial charge in [0.2, 0.25) is 5.91 Å². The smallest absolute Gasteiger partial charge is 0.416 e. The van der Waals surface area contributed by atoms with Crippen LogP contribution in [-0.2, 0) is 20.6 Å². The predicted molar refractivity (Wildman–Crippen MR) is 120 cm³/mol. The molecule has 3 rings (SSSR count). The SMILES string of the molecule is COc1cc(NC(=O)C2C(=O)N(C)C(=S)N(C)C2=O)ccc1Oc1ccc(C(F)(F)F)cc1Cl. The molecule has 0 aromatic heterocycles. The summed E-state index contributed by atoms with van der Waals surface area (Å²) in [4.78, 5) is 39.6. The molecule has 0 spiro atoms. The molecule has 1 heterocycles. The molecule has 2 aromatic rings. The van der Waals surface area contributed by atoms with Gasteiger partial charge in [-0.15, -0.1) is 0 Å². The third-order valence-corrected chi connectivity index (χ3v) is 5.74.